The molecule has 1 aromatic heterocycles. The molecule has 0 radical (unpaired) electrons. The molecule has 0 amide bonds. The van der Waals surface area contributed by atoms with Gasteiger partial charge in [-0.2, -0.15) is 0 Å². The van der Waals surface area contributed by atoms with Crippen molar-refractivity contribution in [1.82, 2.24) is 4.98 Å². The zero-order valence-electron chi connectivity index (χ0n) is 6.69. The molecule has 4 heteroatoms. The Morgan fingerprint density at radius 3 is 3.25 bits per heavy atom. The summed E-state index contributed by atoms with van der Waals surface area (Å²) in [7, 11) is 0. The van der Waals surface area contributed by atoms with E-state index in [2.05, 4.69) is 4.98 Å². The molecule has 1 rings (SSSR count). The Morgan fingerprint density at radius 2 is 2.67 bits per heavy atom. The van der Waals surface area contributed by atoms with Crippen molar-refractivity contribution in [1.29, 1.82) is 0 Å². The van der Waals surface area contributed by atoms with Gasteiger partial charge in [0.05, 0.1) is 0 Å². The van der Waals surface area contributed by atoms with Crippen LogP contribution in [0, 0.1) is 0 Å². The van der Waals surface area contributed by atoms with Crippen LogP contribution in [0.5, 0.6) is 0 Å². The number of thiazole rings is 1. The van der Waals surface area contributed by atoms with E-state index in [1.165, 1.54) is 11.8 Å². The number of carbonyl (C=O) groups excluding carboxylic acids is 1. The Balaban J connectivity index is 2.27. The van der Waals surface area contributed by atoms with E-state index in [4.69, 9.17) is 0 Å². The zero-order valence-corrected chi connectivity index (χ0v) is 8.32. The Morgan fingerprint density at radius 1 is 1.83 bits per heavy atom. The van der Waals surface area contributed by atoms with Crippen molar-refractivity contribution in [2.75, 3.05) is 5.75 Å². The van der Waals surface area contributed by atoms with E-state index in [1.54, 1.807) is 24.5 Å². The second kappa shape index (κ2) is 5.11. The Kier molecular flexibility index (Phi) is 4.04. The number of carbonyl (C=O) groups is 1. The fourth-order valence-corrected chi connectivity index (χ4v) is 1.62. The molecule has 0 fully saturated rings. The van der Waals surface area contributed by atoms with Gasteiger partial charge in [0.25, 0.3) is 0 Å². The van der Waals surface area contributed by atoms with Gasteiger partial charge in [0.2, 0.25) is 0 Å². The van der Waals surface area contributed by atoms with E-state index in [1.807, 2.05) is 17.5 Å². The molecular weight excluding hydrogens is 190 g/mol. The summed E-state index contributed by atoms with van der Waals surface area (Å²) in [5, 5.41) is 3.07. The fraction of sp³-hybridized carbons (Fsp3) is 0.250. The molecule has 0 aliphatic rings. The second-order valence-corrected chi connectivity index (χ2v) is 4.20. The van der Waals surface area contributed by atoms with E-state index in [9.17, 15) is 4.79 Å². The van der Waals surface area contributed by atoms with Crippen molar-refractivity contribution < 1.29 is 4.79 Å². The zero-order chi connectivity index (χ0) is 8.81. The molecule has 0 saturated heterocycles. The van der Waals surface area contributed by atoms with E-state index in [0.717, 1.165) is 10.8 Å². The molecule has 0 bridgehead atoms. The molecule has 12 heavy (non-hydrogen) atoms. The van der Waals surface area contributed by atoms with E-state index in [-0.39, 0.29) is 5.12 Å². The third-order valence-corrected chi connectivity index (χ3v) is 2.60. The van der Waals surface area contributed by atoms with Crippen LogP contribution in [-0.2, 0) is 4.79 Å². The maximum atomic E-state index is 10.5. The van der Waals surface area contributed by atoms with Gasteiger partial charge in [-0.05, 0) is 6.08 Å². The summed E-state index contributed by atoms with van der Waals surface area (Å²) in [6.45, 7) is 1.57. The van der Waals surface area contributed by atoms with Crippen LogP contribution in [0.25, 0.3) is 6.08 Å². The number of hydrogen-bond acceptors (Lipinski definition) is 4. The van der Waals surface area contributed by atoms with Gasteiger partial charge in [-0.15, -0.1) is 11.3 Å². The third-order valence-electron chi connectivity index (χ3n) is 1.09. The van der Waals surface area contributed by atoms with Crippen molar-refractivity contribution in [3.8, 4) is 0 Å². The molecule has 0 spiro atoms. The van der Waals surface area contributed by atoms with Crippen LogP contribution in [0.2, 0.25) is 0 Å². The first kappa shape index (κ1) is 9.48. The quantitative estimate of drug-likeness (QED) is 0.749. The minimum absolute atomic E-state index is 0.152. The first-order chi connectivity index (χ1) is 5.79. The molecule has 0 aromatic carbocycles. The lowest BCUT2D eigenvalue weighted by molar-refractivity contribution is -0.109. The summed E-state index contributed by atoms with van der Waals surface area (Å²) in [5.74, 6) is 0.731. The molecule has 0 unspecified atom stereocenters. The van der Waals surface area contributed by atoms with Crippen molar-refractivity contribution in [3.63, 3.8) is 0 Å². The minimum atomic E-state index is 0.152. The predicted octanol–water partition coefficient (Wildman–Crippen LogP) is 2.44. The minimum Gasteiger partial charge on any atom is -0.288 e. The molecule has 2 nitrogen and oxygen atoms in total. The van der Waals surface area contributed by atoms with E-state index in [0.29, 0.717) is 0 Å². The maximum Gasteiger partial charge on any atom is 0.186 e. The van der Waals surface area contributed by atoms with Crippen LogP contribution < -0.4 is 0 Å². The van der Waals surface area contributed by atoms with E-state index >= 15 is 0 Å². The SMILES string of the molecule is CC(=O)SCC=Cc1nccs1. The number of thioether (sulfide) groups is 1. The van der Waals surface area contributed by atoms with Gasteiger partial charge in [-0.3, -0.25) is 4.79 Å². The molecule has 0 saturated carbocycles. The van der Waals surface area contributed by atoms with Gasteiger partial charge in [-0.1, -0.05) is 17.8 Å². The summed E-state index contributed by atoms with van der Waals surface area (Å²) in [6.07, 6.45) is 5.65. The number of nitrogens with zero attached hydrogens (tertiary/aromatic N) is 1. The molecule has 0 aliphatic heterocycles. The summed E-state index contributed by atoms with van der Waals surface area (Å²) in [6, 6.07) is 0. The van der Waals surface area contributed by atoms with Gasteiger partial charge >= 0.3 is 0 Å². The fourth-order valence-electron chi connectivity index (χ4n) is 0.631. The monoisotopic (exact) mass is 199 g/mol. The molecule has 1 aromatic rings. The molecule has 64 valence electrons. The van der Waals surface area contributed by atoms with Crippen LogP contribution in [-0.4, -0.2) is 15.9 Å². The van der Waals surface area contributed by atoms with Gasteiger partial charge in [0.1, 0.15) is 5.01 Å². The molecule has 0 aliphatic carbocycles. The highest BCUT2D eigenvalue weighted by molar-refractivity contribution is 8.13. The highest BCUT2D eigenvalue weighted by atomic mass is 32.2. The highest BCUT2D eigenvalue weighted by Gasteiger charge is 1.90. The first-order valence-electron chi connectivity index (χ1n) is 3.48. The van der Waals surface area contributed by atoms with Crippen molar-refractivity contribution >= 4 is 34.3 Å². The summed E-state index contributed by atoms with van der Waals surface area (Å²) >= 11 is 2.89. The topological polar surface area (TPSA) is 30.0 Å². The van der Waals surface area contributed by atoms with Gasteiger partial charge in [-0.25, -0.2) is 4.98 Å². The first-order valence-corrected chi connectivity index (χ1v) is 5.35. The summed E-state index contributed by atoms with van der Waals surface area (Å²) in [4.78, 5) is 14.6. The number of aromatic nitrogens is 1. The standard InChI is InChI=1S/C8H9NOS2/c1-7(10)11-5-2-3-8-9-4-6-12-8/h2-4,6H,5H2,1H3. The average Bonchev–Trinajstić information content (AvgIpc) is 2.49. The average molecular weight is 199 g/mol. The molecular formula is C8H9NOS2. The molecule has 0 N–H and O–H groups in total. The van der Waals surface area contributed by atoms with Crippen molar-refractivity contribution in [3.05, 3.63) is 22.7 Å². The summed E-state index contributed by atoms with van der Waals surface area (Å²) < 4.78 is 0. The van der Waals surface area contributed by atoms with Crippen LogP contribution in [0.4, 0.5) is 0 Å². The largest absolute Gasteiger partial charge is 0.288 e. The highest BCUT2D eigenvalue weighted by Crippen LogP contribution is 2.07. The lowest BCUT2D eigenvalue weighted by atomic mass is 10.5. The van der Waals surface area contributed by atoms with Crippen molar-refractivity contribution in [2.24, 2.45) is 0 Å². The Hall–Kier alpha value is -0.610. The van der Waals surface area contributed by atoms with E-state index < -0.39 is 0 Å². The van der Waals surface area contributed by atoms with Crippen LogP contribution in [0.1, 0.15) is 11.9 Å². The Labute approximate surface area is 79.7 Å². The van der Waals surface area contributed by atoms with Gasteiger partial charge in [0.15, 0.2) is 5.12 Å². The van der Waals surface area contributed by atoms with Gasteiger partial charge in [0, 0.05) is 24.3 Å². The maximum absolute atomic E-state index is 10.5. The smallest absolute Gasteiger partial charge is 0.186 e. The summed E-state index contributed by atoms with van der Waals surface area (Å²) in [5.41, 5.74) is 0. The third kappa shape index (κ3) is 3.69. The number of hydrogen-bond donors (Lipinski definition) is 0. The Bertz CT molecular complexity index is 267. The lowest BCUT2D eigenvalue weighted by Crippen LogP contribution is -1.81. The predicted molar refractivity (Wildman–Crippen MR) is 54.3 cm³/mol. The normalized spacial score (nSPS) is 10.8. The number of rotatable bonds is 3. The van der Waals surface area contributed by atoms with Crippen LogP contribution >= 0.6 is 23.1 Å². The van der Waals surface area contributed by atoms with Crippen LogP contribution in [0.15, 0.2) is 17.7 Å². The second-order valence-electron chi connectivity index (χ2n) is 2.08. The lowest BCUT2D eigenvalue weighted by Gasteiger charge is -1.86. The molecule has 0 atom stereocenters. The van der Waals surface area contributed by atoms with Crippen LogP contribution in [0.3, 0.4) is 0 Å². The van der Waals surface area contributed by atoms with Gasteiger partial charge < -0.3 is 0 Å². The molecule has 1 heterocycles. The van der Waals surface area contributed by atoms with Crippen molar-refractivity contribution in [2.45, 2.75) is 6.92 Å².